The van der Waals surface area contributed by atoms with Crippen LogP contribution in [-0.2, 0) is 11.3 Å². The number of carbonyl (C=O) groups excluding carboxylic acids is 2. The van der Waals surface area contributed by atoms with Crippen molar-refractivity contribution in [3.05, 3.63) is 89.4 Å². The summed E-state index contributed by atoms with van der Waals surface area (Å²) in [5, 5.41) is 5.80. The molecule has 44 heavy (non-hydrogen) atoms. The van der Waals surface area contributed by atoms with E-state index in [9.17, 15) is 14.0 Å². The second kappa shape index (κ2) is 13.7. The Morgan fingerprint density at radius 2 is 1.64 bits per heavy atom. The number of aryl methyl sites for hydroxylation is 1. The summed E-state index contributed by atoms with van der Waals surface area (Å²) < 4.78 is 26.3. The van der Waals surface area contributed by atoms with E-state index in [1.807, 2.05) is 34.8 Å². The highest BCUT2D eigenvalue weighted by atomic mass is 19.1. The number of carbonyl (C=O) groups is 2. The molecule has 8 nitrogen and oxygen atoms in total. The first-order valence-electron chi connectivity index (χ1n) is 15.6. The van der Waals surface area contributed by atoms with Crippen molar-refractivity contribution in [2.24, 2.45) is 5.92 Å². The highest BCUT2D eigenvalue weighted by Gasteiger charge is 2.24. The maximum Gasteiger partial charge on any atom is 0.253 e. The second-order valence-electron chi connectivity index (χ2n) is 11.9. The molecule has 0 unspecified atom stereocenters. The SMILES string of the molecule is Cc1cc2nn(CC3CCN(C(=O)c4ccc(Oc5ccc(F)cc5)cc4)CC3)cc2cc1C(=O)CCCN1CCOCC1. The number of likely N-dealkylation sites (tertiary alicyclic amines) is 1. The molecule has 6 rings (SSSR count). The molecule has 0 saturated carbocycles. The van der Waals surface area contributed by atoms with Gasteiger partial charge in [-0.05, 0) is 105 Å². The Labute approximate surface area is 257 Å². The average molecular weight is 599 g/mol. The van der Waals surface area contributed by atoms with Crippen molar-refractivity contribution in [3.8, 4) is 11.5 Å². The number of ketones is 1. The minimum absolute atomic E-state index is 0.0132. The number of piperidine rings is 1. The number of nitrogens with zero attached hydrogens (tertiary/aromatic N) is 4. The van der Waals surface area contributed by atoms with Crippen LogP contribution in [0, 0.1) is 18.7 Å². The number of aromatic nitrogens is 2. The fraction of sp³-hybridized carbons (Fsp3) is 0.400. The Morgan fingerprint density at radius 1 is 0.955 bits per heavy atom. The zero-order valence-electron chi connectivity index (χ0n) is 25.2. The van der Waals surface area contributed by atoms with Crippen LogP contribution in [0.15, 0.2) is 66.9 Å². The van der Waals surface area contributed by atoms with Crippen molar-refractivity contribution in [2.75, 3.05) is 45.9 Å². The van der Waals surface area contributed by atoms with Gasteiger partial charge in [0.05, 0.1) is 18.7 Å². The fourth-order valence-corrected chi connectivity index (χ4v) is 6.11. The summed E-state index contributed by atoms with van der Waals surface area (Å²) in [5.41, 5.74) is 3.30. The molecule has 2 aliphatic heterocycles. The maximum atomic E-state index is 13.1. The van der Waals surface area contributed by atoms with Crippen molar-refractivity contribution < 1.29 is 23.5 Å². The molecule has 0 spiro atoms. The van der Waals surface area contributed by atoms with E-state index in [0.717, 1.165) is 80.7 Å². The monoisotopic (exact) mass is 598 g/mol. The van der Waals surface area contributed by atoms with Gasteiger partial charge in [-0.2, -0.15) is 5.10 Å². The third-order valence-corrected chi connectivity index (χ3v) is 8.68. The summed E-state index contributed by atoms with van der Waals surface area (Å²) in [6.07, 6.45) is 5.25. The molecular weight excluding hydrogens is 559 g/mol. The smallest absolute Gasteiger partial charge is 0.253 e. The maximum absolute atomic E-state index is 13.1. The van der Waals surface area contributed by atoms with Gasteiger partial charge in [0, 0.05) is 61.9 Å². The minimum Gasteiger partial charge on any atom is -0.457 e. The quantitative estimate of drug-likeness (QED) is 0.205. The summed E-state index contributed by atoms with van der Waals surface area (Å²) >= 11 is 0. The summed E-state index contributed by atoms with van der Waals surface area (Å²) in [6, 6.07) is 16.9. The van der Waals surface area contributed by atoms with E-state index in [4.69, 9.17) is 14.6 Å². The van der Waals surface area contributed by atoms with Crippen molar-refractivity contribution in [1.29, 1.82) is 0 Å². The fourth-order valence-electron chi connectivity index (χ4n) is 6.11. The summed E-state index contributed by atoms with van der Waals surface area (Å²) in [4.78, 5) is 30.5. The number of amides is 1. The lowest BCUT2D eigenvalue weighted by Crippen LogP contribution is -2.39. The topological polar surface area (TPSA) is 76.9 Å². The molecule has 2 fully saturated rings. The van der Waals surface area contributed by atoms with E-state index in [0.29, 0.717) is 42.5 Å². The number of hydrogen-bond donors (Lipinski definition) is 0. The van der Waals surface area contributed by atoms with E-state index < -0.39 is 0 Å². The summed E-state index contributed by atoms with van der Waals surface area (Å²) in [6.45, 7) is 8.53. The first-order valence-corrected chi connectivity index (χ1v) is 15.6. The van der Waals surface area contributed by atoms with Crippen molar-refractivity contribution >= 4 is 22.6 Å². The molecule has 0 radical (unpaired) electrons. The normalized spacial score (nSPS) is 16.4. The van der Waals surface area contributed by atoms with Crippen LogP contribution in [0.5, 0.6) is 11.5 Å². The lowest BCUT2D eigenvalue weighted by molar-refractivity contribution is 0.0371. The van der Waals surface area contributed by atoms with E-state index in [1.165, 1.54) is 12.1 Å². The van der Waals surface area contributed by atoms with E-state index in [2.05, 4.69) is 4.90 Å². The third kappa shape index (κ3) is 7.34. The van der Waals surface area contributed by atoms with Crippen LogP contribution in [0.2, 0.25) is 0 Å². The number of halogens is 1. The highest BCUT2D eigenvalue weighted by Crippen LogP contribution is 2.26. The molecule has 0 bridgehead atoms. The Kier molecular flexibility index (Phi) is 9.33. The van der Waals surface area contributed by atoms with Crippen LogP contribution in [0.3, 0.4) is 0 Å². The largest absolute Gasteiger partial charge is 0.457 e. The molecular formula is C35H39FN4O4. The predicted molar refractivity (Wildman–Crippen MR) is 167 cm³/mol. The number of hydrogen-bond acceptors (Lipinski definition) is 6. The number of Topliss-reactive ketones (excluding diaryl/α,β-unsaturated/α-hetero) is 1. The van der Waals surface area contributed by atoms with Gasteiger partial charge >= 0.3 is 0 Å². The molecule has 0 atom stereocenters. The van der Waals surface area contributed by atoms with Gasteiger partial charge in [-0.1, -0.05) is 0 Å². The molecule has 3 heterocycles. The Bertz CT molecular complexity index is 1590. The Hall–Kier alpha value is -4.08. The molecule has 230 valence electrons. The molecule has 4 aromatic rings. The van der Waals surface area contributed by atoms with Gasteiger partial charge in [0.25, 0.3) is 5.91 Å². The van der Waals surface area contributed by atoms with Crippen molar-refractivity contribution in [2.45, 2.75) is 39.2 Å². The van der Waals surface area contributed by atoms with Crippen molar-refractivity contribution in [1.82, 2.24) is 19.6 Å². The number of rotatable bonds is 10. The average Bonchev–Trinajstić information content (AvgIpc) is 3.43. The zero-order chi connectivity index (χ0) is 30.5. The van der Waals surface area contributed by atoms with Gasteiger partial charge < -0.3 is 14.4 Å². The van der Waals surface area contributed by atoms with Crippen LogP contribution in [0.25, 0.3) is 10.9 Å². The molecule has 0 aliphatic carbocycles. The van der Waals surface area contributed by atoms with Gasteiger partial charge in [0.2, 0.25) is 0 Å². The van der Waals surface area contributed by atoms with Gasteiger partial charge in [0.1, 0.15) is 17.3 Å². The molecule has 0 N–H and O–H groups in total. The molecule has 9 heteroatoms. The lowest BCUT2D eigenvalue weighted by Gasteiger charge is -2.32. The summed E-state index contributed by atoms with van der Waals surface area (Å²) in [5.74, 6) is 1.44. The first-order chi connectivity index (χ1) is 21.4. The van der Waals surface area contributed by atoms with Crippen LogP contribution in [0.4, 0.5) is 4.39 Å². The van der Waals surface area contributed by atoms with Gasteiger partial charge in [-0.3, -0.25) is 19.2 Å². The molecule has 3 aromatic carbocycles. The van der Waals surface area contributed by atoms with Gasteiger partial charge in [-0.25, -0.2) is 4.39 Å². The van der Waals surface area contributed by atoms with Gasteiger partial charge in [-0.15, -0.1) is 0 Å². The molecule has 1 aromatic heterocycles. The van der Waals surface area contributed by atoms with Crippen LogP contribution < -0.4 is 4.74 Å². The molecule has 2 aliphatic rings. The lowest BCUT2D eigenvalue weighted by atomic mass is 9.96. The Morgan fingerprint density at radius 3 is 2.34 bits per heavy atom. The number of ether oxygens (including phenoxy) is 2. The molecule has 2 saturated heterocycles. The van der Waals surface area contributed by atoms with Crippen LogP contribution in [-0.4, -0.2) is 77.2 Å². The first kappa shape index (κ1) is 30.0. The van der Waals surface area contributed by atoms with E-state index >= 15 is 0 Å². The van der Waals surface area contributed by atoms with E-state index in [-0.39, 0.29) is 17.5 Å². The Balaban J connectivity index is 0.994. The van der Waals surface area contributed by atoms with Crippen molar-refractivity contribution in [3.63, 3.8) is 0 Å². The van der Waals surface area contributed by atoms with Crippen LogP contribution >= 0.6 is 0 Å². The van der Waals surface area contributed by atoms with Crippen LogP contribution in [0.1, 0.15) is 52.0 Å². The number of fused-ring (bicyclic) bond motifs is 1. The minimum atomic E-state index is -0.317. The van der Waals surface area contributed by atoms with E-state index in [1.54, 1.807) is 36.4 Å². The molecule has 1 amide bonds. The zero-order valence-corrected chi connectivity index (χ0v) is 25.2. The number of morpholine rings is 1. The summed E-state index contributed by atoms with van der Waals surface area (Å²) in [7, 11) is 0. The highest BCUT2D eigenvalue weighted by molar-refractivity contribution is 6.00. The standard InChI is InChI=1S/C35H39FN4O4/c1-25-21-33-28(22-32(25)34(41)3-2-14-38-17-19-43-20-18-38)24-40(37-33)23-26-12-15-39(16-13-26)35(42)27-4-8-30(9-5-27)44-31-10-6-29(36)7-11-31/h4-11,21-22,24,26H,2-3,12-20,23H2,1H3. The predicted octanol–water partition coefficient (Wildman–Crippen LogP) is 6.12. The van der Waals surface area contributed by atoms with Gasteiger partial charge in [0.15, 0.2) is 5.78 Å². The third-order valence-electron chi connectivity index (χ3n) is 8.68. The number of benzene rings is 3. The second-order valence-corrected chi connectivity index (χ2v) is 11.9.